The second kappa shape index (κ2) is 15.1. The Kier molecular flexibility index (Phi) is 10.3. The van der Waals surface area contributed by atoms with Crippen molar-refractivity contribution >= 4 is 6.09 Å². The molecule has 45 heavy (non-hydrogen) atoms. The number of hydrogen-bond acceptors (Lipinski definition) is 6. The minimum absolute atomic E-state index is 0.287. The predicted molar refractivity (Wildman–Crippen MR) is 171 cm³/mol. The normalized spacial score (nSPS) is 24.3. The van der Waals surface area contributed by atoms with Crippen LogP contribution in [0.3, 0.4) is 0 Å². The van der Waals surface area contributed by atoms with Crippen LogP contribution in [0.25, 0.3) is 0 Å². The Morgan fingerprint density at radius 3 is 1.89 bits per heavy atom. The second-order valence-electron chi connectivity index (χ2n) is 11.4. The minimum Gasteiger partial charge on any atom is -0.440 e. The van der Waals surface area contributed by atoms with Crippen LogP contribution in [0.2, 0.25) is 0 Å². The van der Waals surface area contributed by atoms with Crippen molar-refractivity contribution in [2.75, 3.05) is 6.61 Å². The number of benzene rings is 4. The lowest BCUT2D eigenvalue weighted by molar-refractivity contribution is -0.332. The Balaban J connectivity index is 1.31. The van der Waals surface area contributed by atoms with Crippen molar-refractivity contribution in [2.24, 2.45) is 0 Å². The number of carbonyl (C=O) groups is 1. The lowest BCUT2D eigenvalue weighted by Gasteiger charge is -2.49. The van der Waals surface area contributed by atoms with Gasteiger partial charge >= 0.3 is 6.09 Å². The molecule has 1 amide bonds. The van der Waals surface area contributed by atoms with Crippen LogP contribution in [-0.2, 0) is 43.4 Å². The van der Waals surface area contributed by atoms with Gasteiger partial charge in [0.25, 0.3) is 0 Å². The topological polar surface area (TPSA) is 66.5 Å². The molecule has 7 nitrogen and oxygen atoms in total. The zero-order valence-corrected chi connectivity index (χ0v) is 25.2. The van der Waals surface area contributed by atoms with Gasteiger partial charge in [-0.15, -0.1) is 6.58 Å². The Morgan fingerprint density at radius 2 is 1.31 bits per heavy atom. The molecule has 0 radical (unpaired) electrons. The summed E-state index contributed by atoms with van der Waals surface area (Å²) in [5, 5.41) is 0. The summed E-state index contributed by atoms with van der Waals surface area (Å²) < 4.78 is 32.3. The molecule has 0 N–H and O–H groups in total. The zero-order valence-electron chi connectivity index (χ0n) is 25.2. The van der Waals surface area contributed by atoms with Crippen LogP contribution in [0.1, 0.15) is 35.0 Å². The van der Waals surface area contributed by atoms with Crippen molar-refractivity contribution in [3.8, 4) is 0 Å². The van der Waals surface area contributed by atoms with Gasteiger partial charge in [0.05, 0.1) is 19.3 Å². The molecule has 2 fully saturated rings. The number of fused-ring (bicyclic) bond motifs is 1. The fourth-order valence-electron chi connectivity index (χ4n) is 5.88. The standard InChI is InChI=1S/C38H39NO6/c1-2-15-32-34(41-26-30-20-11-5-12-21-30)36(35-33(43-32)27-42-37(44-35)31-22-13-6-14-23-31)45-38(40)39(24-28-16-7-3-8-17-28)25-29-18-9-4-10-19-29/h2-14,16-23,32-37H,1,15,24-27H2/t32-,33-,34-,35-,36-,37-/m1/s1. The molecule has 2 heterocycles. The summed E-state index contributed by atoms with van der Waals surface area (Å²) in [4.78, 5) is 16.0. The Hall–Kier alpha value is -4.27. The summed E-state index contributed by atoms with van der Waals surface area (Å²) in [6.45, 7) is 5.33. The fourth-order valence-corrected chi connectivity index (χ4v) is 5.88. The fraction of sp³-hybridized carbons (Fsp3) is 0.289. The molecule has 2 saturated heterocycles. The van der Waals surface area contributed by atoms with Crippen LogP contribution in [-0.4, -0.2) is 48.1 Å². The van der Waals surface area contributed by atoms with Crippen molar-refractivity contribution in [3.63, 3.8) is 0 Å². The van der Waals surface area contributed by atoms with Crippen LogP contribution < -0.4 is 0 Å². The van der Waals surface area contributed by atoms with Gasteiger partial charge in [-0.1, -0.05) is 127 Å². The molecule has 6 rings (SSSR count). The highest BCUT2D eigenvalue weighted by atomic mass is 16.7. The van der Waals surface area contributed by atoms with E-state index in [0.29, 0.717) is 26.1 Å². The van der Waals surface area contributed by atoms with E-state index in [-0.39, 0.29) is 6.61 Å². The number of hydrogen-bond donors (Lipinski definition) is 0. The Labute approximate surface area is 264 Å². The van der Waals surface area contributed by atoms with Crippen molar-refractivity contribution in [2.45, 2.75) is 62.9 Å². The molecule has 0 aromatic heterocycles. The third kappa shape index (κ3) is 7.88. The van der Waals surface area contributed by atoms with Gasteiger partial charge in [-0.2, -0.15) is 0 Å². The molecule has 232 valence electrons. The monoisotopic (exact) mass is 605 g/mol. The van der Waals surface area contributed by atoms with Gasteiger partial charge in [0.2, 0.25) is 0 Å². The summed E-state index contributed by atoms with van der Waals surface area (Å²) in [6, 6.07) is 39.5. The van der Waals surface area contributed by atoms with E-state index >= 15 is 0 Å². The Morgan fingerprint density at radius 1 is 0.756 bits per heavy atom. The number of carbonyl (C=O) groups excluding carboxylic acids is 1. The molecule has 2 aliphatic rings. The van der Waals surface area contributed by atoms with Gasteiger partial charge in [-0.3, -0.25) is 4.90 Å². The molecule has 0 aliphatic carbocycles. The average Bonchev–Trinajstić information content (AvgIpc) is 3.09. The van der Waals surface area contributed by atoms with Crippen LogP contribution in [0.15, 0.2) is 134 Å². The molecular weight excluding hydrogens is 566 g/mol. The molecule has 0 bridgehead atoms. The second-order valence-corrected chi connectivity index (χ2v) is 11.4. The first-order chi connectivity index (χ1) is 22.2. The zero-order chi connectivity index (χ0) is 30.8. The van der Waals surface area contributed by atoms with Crippen molar-refractivity contribution in [1.82, 2.24) is 4.90 Å². The van der Waals surface area contributed by atoms with Crippen molar-refractivity contribution < 1.29 is 28.5 Å². The number of rotatable bonds is 11. The maximum Gasteiger partial charge on any atom is 0.410 e. The van der Waals surface area contributed by atoms with Crippen molar-refractivity contribution in [1.29, 1.82) is 0 Å². The third-order valence-electron chi connectivity index (χ3n) is 8.11. The van der Waals surface area contributed by atoms with E-state index in [1.165, 1.54) is 0 Å². The van der Waals surface area contributed by atoms with Gasteiger partial charge in [0.1, 0.15) is 18.3 Å². The molecule has 4 aromatic carbocycles. The van der Waals surface area contributed by atoms with Crippen LogP contribution >= 0.6 is 0 Å². The average molecular weight is 606 g/mol. The highest BCUT2D eigenvalue weighted by Crippen LogP contribution is 2.38. The van der Waals surface area contributed by atoms with Gasteiger partial charge in [-0.05, 0) is 23.1 Å². The van der Waals surface area contributed by atoms with E-state index in [4.69, 9.17) is 23.7 Å². The molecule has 7 heteroatoms. The molecule has 4 aromatic rings. The lowest BCUT2D eigenvalue weighted by Crippen LogP contribution is -2.63. The van der Waals surface area contributed by atoms with Gasteiger partial charge in [-0.25, -0.2) is 4.79 Å². The molecule has 0 unspecified atom stereocenters. The SMILES string of the molecule is C=CC[C@H]1O[C@@H]2CO[C@@H](c3ccccc3)O[C@H]2[C@H](OC(=O)N(Cc2ccccc2)Cc2ccccc2)[C@@H]1OCc1ccccc1. The minimum atomic E-state index is -0.769. The van der Waals surface area contributed by atoms with E-state index in [9.17, 15) is 4.79 Å². The first-order valence-electron chi connectivity index (χ1n) is 15.4. The number of amides is 1. The molecule has 0 saturated carbocycles. The maximum absolute atomic E-state index is 14.2. The lowest BCUT2D eigenvalue weighted by atomic mass is 9.92. The summed E-state index contributed by atoms with van der Waals surface area (Å²) in [5.74, 6) is 0. The first kappa shape index (κ1) is 30.7. The predicted octanol–water partition coefficient (Wildman–Crippen LogP) is 7.24. The number of nitrogens with zero attached hydrogens (tertiary/aromatic N) is 1. The summed E-state index contributed by atoms with van der Waals surface area (Å²) in [6.07, 6.45) is -1.65. The van der Waals surface area contributed by atoms with E-state index in [0.717, 1.165) is 22.3 Å². The molecule has 0 spiro atoms. The summed E-state index contributed by atoms with van der Waals surface area (Å²) >= 11 is 0. The highest BCUT2D eigenvalue weighted by molar-refractivity contribution is 5.68. The van der Waals surface area contributed by atoms with E-state index in [1.54, 1.807) is 11.0 Å². The quantitative estimate of drug-likeness (QED) is 0.168. The Bertz CT molecular complexity index is 1440. The number of ether oxygens (including phenoxy) is 5. The first-order valence-corrected chi connectivity index (χ1v) is 15.4. The van der Waals surface area contributed by atoms with Gasteiger partial charge in [0.15, 0.2) is 12.4 Å². The molecular formula is C38H39NO6. The van der Waals surface area contributed by atoms with E-state index in [2.05, 4.69) is 6.58 Å². The van der Waals surface area contributed by atoms with E-state index < -0.39 is 42.9 Å². The summed E-state index contributed by atoms with van der Waals surface area (Å²) in [7, 11) is 0. The maximum atomic E-state index is 14.2. The van der Waals surface area contributed by atoms with Crippen LogP contribution in [0, 0.1) is 0 Å². The largest absolute Gasteiger partial charge is 0.440 e. The van der Waals surface area contributed by atoms with E-state index in [1.807, 2.05) is 121 Å². The smallest absolute Gasteiger partial charge is 0.410 e. The molecule has 6 atom stereocenters. The molecule has 2 aliphatic heterocycles. The van der Waals surface area contributed by atoms with Gasteiger partial charge in [0, 0.05) is 18.7 Å². The highest BCUT2D eigenvalue weighted by Gasteiger charge is 2.52. The van der Waals surface area contributed by atoms with Crippen LogP contribution in [0.5, 0.6) is 0 Å². The third-order valence-corrected chi connectivity index (χ3v) is 8.11. The van der Waals surface area contributed by atoms with Crippen molar-refractivity contribution in [3.05, 3.63) is 156 Å². The van der Waals surface area contributed by atoms with Gasteiger partial charge < -0.3 is 23.7 Å². The van der Waals surface area contributed by atoms with Crippen LogP contribution in [0.4, 0.5) is 4.79 Å². The summed E-state index contributed by atoms with van der Waals surface area (Å²) in [5.41, 5.74) is 3.89.